The van der Waals surface area contributed by atoms with Crippen molar-refractivity contribution in [2.75, 3.05) is 5.32 Å². The minimum absolute atomic E-state index is 0.0767. The van der Waals surface area contributed by atoms with Crippen LogP contribution in [0.1, 0.15) is 26.7 Å². The van der Waals surface area contributed by atoms with Gasteiger partial charge in [0.1, 0.15) is 0 Å². The first kappa shape index (κ1) is 16.6. The molecule has 4 aromatic carbocycles. The lowest BCUT2D eigenvalue weighted by atomic mass is 9.96. The van der Waals surface area contributed by atoms with Crippen LogP contribution in [0.25, 0.3) is 16.5 Å². The maximum atomic E-state index is 13.5. The van der Waals surface area contributed by atoms with E-state index in [0.717, 1.165) is 33.0 Å². The van der Waals surface area contributed by atoms with E-state index >= 15 is 0 Å². The van der Waals surface area contributed by atoms with Gasteiger partial charge in [0.2, 0.25) is 0 Å². The summed E-state index contributed by atoms with van der Waals surface area (Å²) in [6, 6.07) is 31.0. The average Bonchev–Trinajstić information content (AvgIpc) is 2.94. The van der Waals surface area contributed by atoms with Crippen molar-refractivity contribution < 1.29 is 4.79 Å². The molecule has 0 fully saturated rings. The lowest BCUT2D eigenvalue weighted by Crippen LogP contribution is -2.08. The Morgan fingerprint density at radius 3 is 2.38 bits per heavy atom. The molecule has 0 radical (unpaired) electrons. The van der Waals surface area contributed by atoms with E-state index in [0.29, 0.717) is 0 Å². The van der Waals surface area contributed by atoms with E-state index in [-0.39, 0.29) is 11.0 Å². The number of para-hydroxylation sites is 1. The number of fused-ring (bicyclic) bond motifs is 4. The van der Waals surface area contributed by atoms with Gasteiger partial charge in [0.25, 0.3) is 0 Å². The molecule has 29 heavy (non-hydrogen) atoms. The summed E-state index contributed by atoms with van der Waals surface area (Å²) >= 11 is 1.76. The van der Waals surface area contributed by atoms with Crippen LogP contribution in [0, 0.1) is 0 Å². The fraction of sp³-hybridized carbons (Fsp3) is 0.0385. The van der Waals surface area contributed by atoms with Crippen molar-refractivity contribution in [3.63, 3.8) is 0 Å². The Bertz CT molecular complexity index is 1330. The monoisotopic (exact) mass is 391 g/mol. The van der Waals surface area contributed by atoms with Crippen LogP contribution in [-0.2, 0) is 0 Å². The maximum absolute atomic E-state index is 13.5. The van der Waals surface area contributed by atoms with E-state index in [1.165, 1.54) is 16.3 Å². The number of hydrogen-bond acceptors (Lipinski definition) is 3. The first-order valence-corrected chi connectivity index (χ1v) is 10.6. The van der Waals surface area contributed by atoms with E-state index in [9.17, 15) is 4.79 Å². The van der Waals surface area contributed by atoms with Crippen molar-refractivity contribution in [1.29, 1.82) is 0 Å². The van der Waals surface area contributed by atoms with Gasteiger partial charge in [-0.2, -0.15) is 0 Å². The van der Waals surface area contributed by atoms with Gasteiger partial charge in [-0.05, 0) is 28.5 Å². The molecule has 138 valence electrons. The predicted octanol–water partition coefficient (Wildman–Crippen LogP) is 6.71. The molecule has 1 N–H and O–H groups in total. The molecule has 0 saturated carbocycles. The van der Waals surface area contributed by atoms with Crippen LogP contribution < -0.4 is 5.32 Å². The van der Waals surface area contributed by atoms with Crippen molar-refractivity contribution in [1.82, 2.24) is 0 Å². The predicted molar refractivity (Wildman–Crippen MR) is 120 cm³/mol. The molecule has 0 bridgehead atoms. The third-order valence-electron chi connectivity index (χ3n) is 5.71. The van der Waals surface area contributed by atoms with E-state index in [4.69, 9.17) is 0 Å². The number of hydrogen-bond donors (Lipinski definition) is 1. The van der Waals surface area contributed by atoms with Crippen molar-refractivity contribution in [3.05, 3.63) is 113 Å². The summed E-state index contributed by atoms with van der Waals surface area (Å²) in [4.78, 5) is 14.7. The van der Waals surface area contributed by atoms with Crippen molar-refractivity contribution >= 4 is 39.7 Å². The molecular weight excluding hydrogens is 374 g/mol. The quantitative estimate of drug-likeness (QED) is 0.391. The van der Waals surface area contributed by atoms with E-state index in [1.54, 1.807) is 11.8 Å². The van der Waals surface area contributed by atoms with Gasteiger partial charge < -0.3 is 5.32 Å². The molecule has 1 aliphatic heterocycles. The summed E-state index contributed by atoms with van der Waals surface area (Å²) in [6.07, 6.45) is 0. The molecule has 0 spiro atoms. The van der Waals surface area contributed by atoms with Gasteiger partial charge in [0.05, 0.1) is 16.6 Å². The van der Waals surface area contributed by atoms with Crippen molar-refractivity contribution in [3.8, 4) is 0 Å². The summed E-state index contributed by atoms with van der Waals surface area (Å²) in [5, 5.41) is 5.91. The third kappa shape index (κ3) is 2.48. The van der Waals surface area contributed by atoms with Crippen LogP contribution in [0.3, 0.4) is 0 Å². The molecule has 0 unspecified atom stereocenters. The summed E-state index contributed by atoms with van der Waals surface area (Å²) in [7, 11) is 0. The largest absolute Gasteiger partial charge is 0.354 e. The summed E-state index contributed by atoms with van der Waals surface area (Å²) in [5.74, 6) is 0.126. The molecule has 2 aliphatic rings. The zero-order valence-electron chi connectivity index (χ0n) is 15.6. The maximum Gasteiger partial charge on any atom is 0.193 e. The van der Waals surface area contributed by atoms with Gasteiger partial charge >= 0.3 is 0 Å². The summed E-state index contributed by atoms with van der Waals surface area (Å²) < 4.78 is 0. The molecule has 0 amide bonds. The SMILES string of the molecule is O=C1C2=C(Nc3ccccc3S[C@@H]2c2cccc3ccccc23)c2ccccc21. The fourth-order valence-corrected chi connectivity index (χ4v) is 5.71. The molecule has 1 aliphatic carbocycles. The van der Waals surface area contributed by atoms with Gasteiger partial charge in [0.15, 0.2) is 5.78 Å². The Hall–Kier alpha value is -3.30. The van der Waals surface area contributed by atoms with Gasteiger partial charge in [-0.25, -0.2) is 0 Å². The molecule has 4 aromatic rings. The van der Waals surface area contributed by atoms with Crippen LogP contribution in [-0.4, -0.2) is 5.78 Å². The van der Waals surface area contributed by atoms with E-state index < -0.39 is 0 Å². The van der Waals surface area contributed by atoms with Crippen LogP contribution in [0.5, 0.6) is 0 Å². The number of nitrogens with one attached hydrogen (secondary N) is 1. The highest BCUT2D eigenvalue weighted by molar-refractivity contribution is 8.00. The molecule has 1 heterocycles. The Kier molecular flexibility index (Phi) is 3.65. The zero-order valence-corrected chi connectivity index (χ0v) is 16.4. The third-order valence-corrected chi connectivity index (χ3v) is 7.05. The minimum atomic E-state index is -0.0767. The molecule has 3 heteroatoms. The second-order valence-electron chi connectivity index (χ2n) is 7.35. The van der Waals surface area contributed by atoms with Crippen molar-refractivity contribution in [2.24, 2.45) is 0 Å². The van der Waals surface area contributed by atoms with E-state index in [2.05, 4.69) is 66.0 Å². The molecule has 6 rings (SSSR count). The molecular formula is C26H17NOS. The van der Waals surface area contributed by atoms with Crippen LogP contribution in [0.15, 0.2) is 101 Å². The lowest BCUT2D eigenvalue weighted by Gasteiger charge is -2.19. The Labute approximate surface area is 173 Å². The number of carbonyl (C=O) groups is 1. The topological polar surface area (TPSA) is 29.1 Å². The Balaban J connectivity index is 1.65. The first-order chi connectivity index (χ1) is 14.3. The Morgan fingerprint density at radius 1 is 0.724 bits per heavy atom. The second-order valence-corrected chi connectivity index (χ2v) is 8.50. The first-order valence-electron chi connectivity index (χ1n) is 9.70. The highest BCUT2D eigenvalue weighted by atomic mass is 32.2. The highest BCUT2D eigenvalue weighted by Gasteiger charge is 2.38. The standard InChI is InChI=1S/C26H17NOS/c28-25-19-12-4-3-11-18(19)24-23(25)26(29-22-15-6-5-14-21(22)27-24)20-13-7-9-16-8-1-2-10-17(16)20/h1-15,26-27H/t26-/m1/s1. The Morgan fingerprint density at radius 2 is 1.45 bits per heavy atom. The van der Waals surface area contributed by atoms with Gasteiger partial charge in [-0.1, -0.05) is 78.9 Å². The van der Waals surface area contributed by atoms with Crippen LogP contribution in [0.4, 0.5) is 5.69 Å². The fourth-order valence-electron chi connectivity index (χ4n) is 4.38. The summed E-state index contributed by atoms with van der Waals surface area (Å²) in [6.45, 7) is 0. The number of Topliss-reactive ketones (excluding diaryl/α,β-unsaturated/α-hetero) is 1. The zero-order chi connectivity index (χ0) is 19.4. The number of ketones is 1. The van der Waals surface area contributed by atoms with Crippen molar-refractivity contribution in [2.45, 2.75) is 10.1 Å². The smallest absolute Gasteiger partial charge is 0.193 e. The highest BCUT2D eigenvalue weighted by Crippen LogP contribution is 2.53. The average molecular weight is 391 g/mol. The van der Waals surface area contributed by atoms with Crippen LogP contribution in [0.2, 0.25) is 0 Å². The van der Waals surface area contributed by atoms with Gasteiger partial charge in [0, 0.05) is 21.6 Å². The normalized spacial score (nSPS) is 17.4. The van der Waals surface area contributed by atoms with Gasteiger partial charge in [-0.3, -0.25) is 4.79 Å². The number of carbonyl (C=O) groups excluding carboxylic acids is 1. The molecule has 0 saturated heterocycles. The minimum Gasteiger partial charge on any atom is -0.354 e. The summed E-state index contributed by atoms with van der Waals surface area (Å²) in [5.41, 5.74) is 5.81. The molecule has 0 aromatic heterocycles. The van der Waals surface area contributed by atoms with E-state index in [1.807, 2.05) is 30.3 Å². The second kappa shape index (κ2) is 6.36. The number of rotatable bonds is 1. The number of benzene rings is 4. The molecule has 2 nitrogen and oxygen atoms in total. The van der Waals surface area contributed by atoms with Gasteiger partial charge in [-0.15, -0.1) is 11.8 Å². The number of thioether (sulfide) groups is 1. The molecule has 1 atom stereocenters. The van der Waals surface area contributed by atoms with Crippen LogP contribution >= 0.6 is 11.8 Å². The lowest BCUT2D eigenvalue weighted by molar-refractivity contribution is 0.103. The number of anilines is 1.